The lowest BCUT2D eigenvalue weighted by Gasteiger charge is -2.32. The zero-order valence-corrected chi connectivity index (χ0v) is 15.1. The van der Waals surface area contributed by atoms with E-state index in [1.807, 2.05) is 45.9 Å². The van der Waals surface area contributed by atoms with Gasteiger partial charge in [-0.3, -0.25) is 4.79 Å². The van der Waals surface area contributed by atoms with Crippen LogP contribution in [0.1, 0.15) is 43.6 Å². The van der Waals surface area contributed by atoms with Crippen molar-refractivity contribution < 1.29 is 18.8 Å². The van der Waals surface area contributed by atoms with Crippen molar-refractivity contribution in [3.05, 3.63) is 34.8 Å². The van der Waals surface area contributed by atoms with Crippen LogP contribution in [0.5, 0.6) is 5.75 Å². The first-order chi connectivity index (χ1) is 10.7. The Labute approximate surface area is 143 Å². The Hall–Kier alpha value is -1.24. The normalized spacial score (nSPS) is 19.7. The lowest BCUT2D eigenvalue weighted by molar-refractivity contribution is 0.00578. The van der Waals surface area contributed by atoms with Gasteiger partial charge < -0.3 is 14.0 Å². The molecule has 0 atom stereocenters. The van der Waals surface area contributed by atoms with Crippen molar-refractivity contribution >= 4 is 32.1 Å². The summed E-state index contributed by atoms with van der Waals surface area (Å²) in [5, 5.41) is 0. The maximum absolute atomic E-state index is 11.3. The predicted octanol–water partition coefficient (Wildman–Crippen LogP) is 3.45. The van der Waals surface area contributed by atoms with E-state index >= 15 is 0 Å². The number of hydrogen-bond acceptors (Lipinski definition) is 5. The first-order valence-corrected chi connectivity index (χ1v) is 8.17. The second kappa shape index (κ2) is 6.71. The Morgan fingerprint density at radius 3 is 2.30 bits per heavy atom. The van der Waals surface area contributed by atoms with Gasteiger partial charge in [0, 0.05) is 11.3 Å². The van der Waals surface area contributed by atoms with Crippen molar-refractivity contribution in [2.45, 2.75) is 38.9 Å². The van der Waals surface area contributed by atoms with Crippen LogP contribution in [-0.2, 0) is 9.31 Å². The van der Waals surface area contributed by atoms with E-state index < -0.39 is 18.3 Å². The number of carbonyl (C=O) groups is 1. The second-order valence-electron chi connectivity index (χ2n) is 6.58. The van der Waals surface area contributed by atoms with Gasteiger partial charge in [0.2, 0.25) is 0 Å². The molecule has 1 aromatic carbocycles. The molecule has 1 aliphatic rings. The molecule has 1 fully saturated rings. The topological polar surface area (TPSA) is 44.8 Å². The lowest BCUT2D eigenvalue weighted by atomic mass is 9.78. The van der Waals surface area contributed by atoms with Crippen molar-refractivity contribution in [2.24, 2.45) is 0 Å². The number of rotatable bonds is 5. The van der Waals surface area contributed by atoms with Crippen LogP contribution in [0.15, 0.2) is 23.7 Å². The van der Waals surface area contributed by atoms with Gasteiger partial charge in [-0.25, -0.2) is 0 Å². The molecule has 0 amide bonds. The third-order valence-electron chi connectivity index (χ3n) is 4.50. The molecule has 4 nitrogen and oxygen atoms in total. The molecule has 0 saturated carbocycles. The van der Waals surface area contributed by atoms with Gasteiger partial charge in [0.25, 0.3) is 0 Å². The summed E-state index contributed by atoms with van der Waals surface area (Å²) in [4.78, 5) is 11.3. The molecular formula is C17H23BO4S. The van der Waals surface area contributed by atoms with Gasteiger partial charge in [0.1, 0.15) is 5.75 Å². The van der Waals surface area contributed by atoms with Gasteiger partial charge in [-0.05, 0) is 50.9 Å². The highest BCUT2D eigenvalue weighted by atomic mass is 32.1. The summed E-state index contributed by atoms with van der Waals surface area (Å²) in [5.74, 6) is 1.12. The van der Waals surface area contributed by atoms with E-state index in [4.69, 9.17) is 14.0 Å². The van der Waals surface area contributed by atoms with Crippen LogP contribution in [-0.4, -0.2) is 37.5 Å². The van der Waals surface area contributed by atoms with Gasteiger partial charge in [-0.2, -0.15) is 12.6 Å². The first-order valence-electron chi connectivity index (χ1n) is 7.54. The fraction of sp³-hybridized carbons (Fsp3) is 0.471. The third kappa shape index (κ3) is 3.65. The lowest BCUT2D eigenvalue weighted by Crippen LogP contribution is -2.41. The average Bonchev–Trinajstić information content (AvgIpc) is 2.72. The predicted molar refractivity (Wildman–Crippen MR) is 96.3 cm³/mol. The Kier molecular flexibility index (Phi) is 5.28. The molecule has 1 saturated heterocycles. The van der Waals surface area contributed by atoms with Gasteiger partial charge in [-0.1, -0.05) is 12.1 Å². The molecule has 0 spiro atoms. The molecule has 1 aromatic rings. The molecule has 0 unspecified atom stereocenters. The van der Waals surface area contributed by atoms with Crippen molar-refractivity contribution in [1.82, 2.24) is 0 Å². The average molecular weight is 334 g/mol. The summed E-state index contributed by atoms with van der Waals surface area (Å²) in [7, 11) is 1.10. The highest BCUT2D eigenvalue weighted by Gasteiger charge is 2.52. The maximum Gasteiger partial charge on any atom is 0.491 e. The van der Waals surface area contributed by atoms with Crippen molar-refractivity contribution in [2.75, 3.05) is 12.9 Å². The Balaban J connectivity index is 2.35. The molecule has 1 heterocycles. The smallest absolute Gasteiger partial charge is 0.491 e. The van der Waals surface area contributed by atoms with Gasteiger partial charge >= 0.3 is 7.12 Å². The minimum atomic E-state index is -0.473. The van der Waals surface area contributed by atoms with E-state index in [1.54, 1.807) is 13.2 Å². The van der Waals surface area contributed by atoms with Crippen LogP contribution in [0, 0.1) is 0 Å². The summed E-state index contributed by atoms with van der Waals surface area (Å²) in [6, 6.07) is 5.37. The Morgan fingerprint density at radius 2 is 1.83 bits per heavy atom. The molecule has 23 heavy (non-hydrogen) atoms. The SMILES string of the molecule is COc1ccc(C=C(CS)B2OC(C)(C)C(C)(C)O2)c(C=O)c1. The summed E-state index contributed by atoms with van der Waals surface area (Å²) in [6.07, 6.45) is 2.72. The number of hydrogen-bond donors (Lipinski definition) is 1. The Bertz CT molecular complexity index is 609. The molecule has 2 rings (SSSR count). The highest BCUT2D eigenvalue weighted by molar-refractivity contribution is 7.80. The van der Waals surface area contributed by atoms with Crippen molar-refractivity contribution in [1.29, 1.82) is 0 Å². The van der Waals surface area contributed by atoms with Gasteiger partial charge in [0.05, 0.1) is 18.3 Å². The number of aldehydes is 1. The first kappa shape index (κ1) is 18.1. The van der Waals surface area contributed by atoms with Crippen molar-refractivity contribution in [3.8, 4) is 5.75 Å². The molecule has 0 aliphatic carbocycles. The largest absolute Gasteiger partial charge is 0.497 e. The van der Waals surface area contributed by atoms with E-state index in [0.717, 1.165) is 17.3 Å². The summed E-state index contributed by atoms with van der Waals surface area (Å²) >= 11 is 4.40. The van der Waals surface area contributed by atoms with E-state index in [-0.39, 0.29) is 0 Å². The van der Waals surface area contributed by atoms with Crippen LogP contribution in [0.25, 0.3) is 6.08 Å². The molecule has 124 valence electrons. The fourth-order valence-corrected chi connectivity index (χ4v) is 2.54. The molecular weight excluding hydrogens is 311 g/mol. The van der Waals surface area contributed by atoms with Crippen LogP contribution in [0.3, 0.4) is 0 Å². The van der Waals surface area contributed by atoms with E-state index in [9.17, 15) is 4.79 Å². The molecule has 1 aliphatic heterocycles. The summed E-state index contributed by atoms with van der Waals surface area (Å²) in [6.45, 7) is 8.03. The van der Waals surface area contributed by atoms with Crippen LogP contribution in [0.2, 0.25) is 0 Å². The summed E-state index contributed by atoms with van der Waals surface area (Å²) < 4.78 is 17.3. The zero-order valence-electron chi connectivity index (χ0n) is 14.3. The molecule has 6 heteroatoms. The third-order valence-corrected chi connectivity index (χ3v) is 4.87. The fourth-order valence-electron chi connectivity index (χ4n) is 2.30. The molecule has 0 bridgehead atoms. The van der Waals surface area contributed by atoms with E-state index in [0.29, 0.717) is 17.1 Å². The molecule has 0 aromatic heterocycles. The zero-order chi connectivity index (χ0) is 17.3. The monoisotopic (exact) mass is 334 g/mol. The number of thiol groups is 1. The maximum atomic E-state index is 11.3. The minimum absolute atomic E-state index is 0.410. The van der Waals surface area contributed by atoms with Crippen LogP contribution < -0.4 is 4.74 Å². The number of benzene rings is 1. The van der Waals surface area contributed by atoms with Gasteiger partial charge in [-0.15, -0.1) is 0 Å². The second-order valence-corrected chi connectivity index (χ2v) is 6.89. The number of ether oxygens (including phenoxy) is 1. The van der Waals surface area contributed by atoms with Crippen LogP contribution >= 0.6 is 12.6 Å². The quantitative estimate of drug-likeness (QED) is 0.509. The standard InChI is InChI=1S/C17H23BO4S/c1-16(2)17(3,4)22-18(21-16)14(11-23)8-12-6-7-15(20-5)9-13(12)10-19/h6-10,23H,11H2,1-5H3. The molecule has 0 radical (unpaired) electrons. The van der Waals surface area contributed by atoms with Crippen molar-refractivity contribution in [3.63, 3.8) is 0 Å². The van der Waals surface area contributed by atoms with E-state index in [1.165, 1.54) is 0 Å². The highest BCUT2D eigenvalue weighted by Crippen LogP contribution is 2.39. The van der Waals surface area contributed by atoms with Crippen LogP contribution in [0.4, 0.5) is 0 Å². The van der Waals surface area contributed by atoms with E-state index in [2.05, 4.69) is 12.6 Å². The van der Waals surface area contributed by atoms with Gasteiger partial charge in [0.15, 0.2) is 6.29 Å². The minimum Gasteiger partial charge on any atom is -0.497 e. The number of methoxy groups -OCH3 is 1. The molecule has 0 N–H and O–H groups in total. The number of carbonyl (C=O) groups excluding carboxylic acids is 1. The Morgan fingerprint density at radius 1 is 1.22 bits per heavy atom. The summed E-state index contributed by atoms with van der Waals surface area (Å²) in [5.41, 5.74) is 1.40.